The number of hydrogen-bond acceptors (Lipinski definition) is 5. The van der Waals surface area contributed by atoms with E-state index in [4.69, 9.17) is 12.2 Å². The fraction of sp³-hybridized carbons (Fsp3) is 0.476. The molecule has 0 bridgehead atoms. The molecule has 3 heterocycles. The third kappa shape index (κ3) is 3.41. The molecule has 2 aliphatic rings. The van der Waals surface area contributed by atoms with Crippen LogP contribution in [0.25, 0.3) is 10.2 Å². The third-order valence-corrected chi connectivity index (χ3v) is 8.61. The number of carbonyl (C=O) groups is 1. The molecule has 8 heteroatoms. The van der Waals surface area contributed by atoms with Crippen molar-refractivity contribution < 1.29 is 4.79 Å². The van der Waals surface area contributed by atoms with Gasteiger partial charge in [0.25, 0.3) is 11.5 Å². The maximum absolute atomic E-state index is 13.3. The standard InChI is InChI=1S/C21H23N3O2S3/c25-18(14-11-28-15-9-6-5-7-12(14)15)23-24-20(26)17-13-8-3-1-2-4-10-16(13)29-19(17)22-21(24)27/h11H,1-10H2,(H,22,27)(H,23,25). The molecule has 0 aliphatic heterocycles. The second kappa shape index (κ2) is 7.81. The molecule has 5 rings (SSSR count). The molecule has 0 saturated carbocycles. The van der Waals surface area contributed by atoms with Crippen LogP contribution in [0, 0.1) is 4.77 Å². The van der Waals surface area contributed by atoms with Gasteiger partial charge in [-0.1, -0.05) is 12.8 Å². The van der Waals surface area contributed by atoms with Crippen molar-refractivity contribution >= 4 is 51.0 Å². The average molecular weight is 446 g/mol. The first kappa shape index (κ1) is 19.2. The Kier molecular flexibility index (Phi) is 5.17. The lowest BCUT2D eigenvalue weighted by Crippen LogP contribution is -2.34. The van der Waals surface area contributed by atoms with Crippen LogP contribution in [0.3, 0.4) is 0 Å². The van der Waals surface area contributed by atoms with Gasteiger partial charge in [-0.25, -0.2) is 0 Å². The highest BCUT2D eigenvalue weighted by atomic mass is 32.1. The maximum atomic E-state index is 13.3. The minimum absolute atomic E-state index is 0.209. The summed E-state index contributed by atoms with van der Waals surface area (Å²) in [5.41, 5.74) is 5.56. The number of fused-ring (bicyclic) bond motifs is 4. The Morgan fingerprint density at radius 1 is 1.00 bits per heavy atom. The van der Waals surface area contributed by atoms with Crippen molar-refractivity contribution in [3.8, 4) is 0 Å². The van der Waals surface area contributed by atoms with E-state index in [0.717, 1.165) is 60.9 Å². The van der Waals surface area contributed by atoms with Crippen LogP contribution >= 0.6 is 34.9 Å². The lowest BCUT2D eigenvalue weighted by molar-refractivity contribution is 0.101. The molecule has 2 aliphatic carbocycles. The van der Waals surface area contributed by atoms with Gasteiger partial charge in [0.05, 0.1) is 10.9 Å². The first-order valence-electron chi connectivity index (χ1n) is 10.3. The molecule has 3 aromatic heterocycles. The largest absolute Gasteiger partial charge is 0.322 e. The molecular weight excluding hydrogens is 422 g/mol. The van der Waals surface area contributed by atoms with E-state index in [0.29, 0.717) is 10.9 Å². The minimum Gasteiger partial charge on any atom is -0.322 e. The summed E-state index contributed by atoms with van der Waals surface area (Å²) in [6.45, 7) is 0. The van der Waals surface area contributed by atoms with Crippen molar-refractivity contribution in [2.24, 2.45) is 0 Å². The van der Waals surface area contributed by atoms with E-state index in [1.165, 1.54) is 33.7 Å². The monoisotopic (exact) mass is 445 g/mol. The Morgan fingerprint density at radius 3 is 2.55 bits per heavy atom. The Labute approximate surface area is 181 Å². The van der Waals surface area contributed by atoms with E-state index in [9.17, 15) is 9.59 Å². The molecule has 0 fully saturated rings. The summed E-state index contributed by atoms with van der Waals surface area (Å²) in [6, 6.07) is 0. The smallest absolute Gasteiger partial charge is 0.282 e. The summed E-state index contributed by atoms with van der Waals surface area (Å²) < 4.78 is 1.48. The minimum atomic E-state index is -0.247. The predicted molar refractivity (Wildman–Crippen MR) is 122 cm³/mol. The van der Waals surface area contributed by atoms with E-state index >= 15 is 0 Å². The summed E-state index contributed by atoms with van der Waals surface area (Å²) >= 11 is 8.73. The Hall–Kier alpha value is -1.77. The zero-order chi connectivity index (χ0) is 20.0. The fourth-order valence-corrected chi connectivity index (χ4v) is 7.24. The van der Waals surface area contributed by atoms with Gasteiger partial charge in [-0.15, -0.1) is 22.7 Å². The summed E-state index contributed by atoms with van der Waals surface area (Å²) in [7, 11) is 0. The van der Waals surface area contributed by atoms with Crippen molar-refractivity contribution in [3.05, 3.63) is 46.9 Å². The highest BCUT2D eigenvalue weighted by Crippen LogP contribution is 2.33. The van der Waals surface area contributed by atoms with Crippen molar-refractivity contribution in [2.45, 2.75) is 64.2 Å². The van der Waals surface area contributed by atoms with E-state index in [1.54, 1.807) is 22.7 Å². The molecule has 0 radical (unpaired) electrons. The van der Waals surface area contributed by atoms with Gasteiger partial charge in [0.2, 0.25) is 4.77 Å². The number of thiophene rings is 2. The van der Waals surface area contributed by atoms with Crippen LogP contribution in [-0.4, -0.2) is 15.6 Å². The van der Waals surface area contributed by atoms with Gasteiger partial charge in [-0.2, -0.15) is 4.68 Å². The summed E-state index contributed by atoms with van der Waals surface area (Å²) in [4.78, 5) is 33.0. The Bertz CT molecular complexity index is 1210. The van der Waals surface area contributed by atoms with Gasteiger partial charge < -0.3 is 4.98 Å². The summed E-state index contributed by atoms with van der Waals surface area (Å²) in [5, 5.41) is 2.62. The van der Waals surface area contributed by atoms with Crippen molar-refractivity contribution in [1.29, 1.82) is 0 Å². The Balaban J connectivity index is 1.56. The topological polar surface area (TPSA) is 66.9 Å². The van der Waals surface area contributed by atoms with Crippen molar-refractivity contribution in [3.63, 3.8) is 0 Å². The summed E-state index contributed by atoms with van der Waals surface area (Å²) in [6.07, 6.45) is 10.9. The summed E-state index contributed by atoms with van der Waals surface area (Å²) in [5.74, 6) is -0.247. The first-order valence-corrected chi connectivity index (χ1v) is 12.4. The number of nitrogens with zero attached hydrogens (tertiary/aromatic N) is 1. The van der Waals surface area contributed by atoms with Gasteiger partial charge in [0.1, 0.15) is 4.83 Å². The molecule has 0 unspecified atom stereocenters. The SMILES string of the molecule is O=C(Nn1c(=S)[nH]c2sc3c(c2c1=O)CCCCCC3)c1csc2c1CCCC2. The van der Waals surface area contributed by atoms with Gasteiger partial charge in [0, 0.05) is 15.1 Å². The highest BCUT2D eigenvalue weighted by molar-refractivity contribution is 7.71. The van der Waals surface area contributed by atoms with Crippen molar-refractivity contribution in [2.75, 3.05) is 5.43 Å². The number of aryl methyl sites for hydroxylation is 3. The third-order valence-electron chi connectivity index (χ3n) is 6.03. The molecule has 152 valence electrons. The van der Waals surface area contributed by atoms with Crippen LogP contribution in [0.2, 0.25) is 0 Å². The van der Waals surface area contributed by atoms with Crippen LogP contribution in [0.15, 0.2) is 10.2 Å². The van der Waals surface area contributed by atoms with Gasteiger partial charge in [-0.3, -0.25) is 15.0 Å². The lowest BCUT2D eigenvalue weighted by Gasteiger charge is -2.13. The number of hydrogen-bond donors (Lipinski definition) is 2. The fourth-order valence-electron chi connectivity index (χ4n) is 4.54. The Morgan fingerprint density at radius 2 is 1.69 bits per heavy atom. The van der Waals surface area contributed by atoms with E-state index < -0.39 is 0 Å². The zero-order valence-corrected chi connectivity index (χ0v) is 18.6. The molecule has 0 aromatic carbocycles. The number of carbonyl (C=O) groups excluding carboxylic acids is 1. The van der Waals surface area contributed by atoms with Gasteiger partial charge in [0.15, 0.2) is 0 Å². The zero-order valence-electron chi connectivity index (χ0n) is 16.1. The molecule has 0 saturated heterocycles. The number of H-pyrrole nitrogens is 1. The maximum Gasteiger partial charge on any atom is 0.282 e. The molecule has 3 aromatic rings. The number of nitrogens with one attached hydrogen (secondary N) is 2. The van der Waals surface area contributed by atoms with E-state index in [2.05, 4.69) is 10.4 Å². The van der Waals surface area contributed by atoms with Gasteiger partial charge in [-0.05, 0) is 74.7 Å². The first-order chi connectivity index (χ1) is 14.1. The molecule has 1 amide bonds. The quantitative estimate of drug-likeness (QED) is 0.539. The van der Waals surface area contributed by atoms with Crippen LogP contribution in [-0.2, 0) is 25.7 Å². The van der Waals surface area contributed by atoms with Crippen LogP contribution in [0.1, 0.15) is 69.8 Å². The van der Waals surface area contributed by atoms with Crippen LogP contribution < -0.4 is 11.0 Å². The number of aromatic nitrogens is 2. The second-order valence-corrected chi connectivity index (χ2v) is 10.3. The molecule has 5 nitrogen and oxygen atoms in total. The molecular formula is C21H23N3O2S3. The molecule has 0 atom stereocenters. The molecule has 0 spiro atoms. The van der Waals surface area contributed by atoms with Gasteiger partial charge >= 0.3 is 0 Å². The predicted octanol–water partition coefficient (Wildman–Crippen LogP) is 5.10. The van der Waals surface area contributed by atoms with Crippen molar-refractivity contribution in [1.82, 2.24) is 9.66 Å². The van der Waals surface area contributed by atoms with Crippen LogP contribution in [0.4, 0.5) is 0 Å². The lowest BCUT2D eigenvalue weighted by atomic mass is 9.96. The van der Waals surface area contributed by atoms with E-state index in [1.807, 2.05) is 5.38 Å². The molecule has 29 heavy (non-hydrogen) atoms. The molecule has 2 N–H and O–H groups in total. The number of aromatic amines is 1. The second-order valence-electron chi connectivity index (χ2n) is 7.89. The van der Waals surface area contributed by atoms with E-state index in [-0.39, 0.29) is 16.2 Å². The van der Waals surface area contributed by atoms with Crippen LogP contribution in [0.5, 0.6) is 0 Å². The highest BCUT2D eigenvalue weighted by Gasteiger charge is 2.23. The number of amides is 1. The normalized spacial score (nSPS) is 16.7. The average Bonchev–Trinajstić information content (AvgIpc) is 3.26. The number of rotatable bonds is 2.